The van der Waals surface area contributed by atoms with E-state index in [0.717, 1.165) is 82.7 Å². The van der Waals surface area contributed by atoms with Gasteiger partial charge in [-0.15, -0.1) is 0 Å². The molecule has 1 atom stereocenters. The molecule has 1 saturated heterocycles. The SMILES string of the molecule is BrC1CCCC1.COC(=O)c1n[nH]c2ccccc12.COC(=O)c1nn(C2CCCC2)c2ccccc12.O=C(O)c1nn(C2CCCC2)c2ccccc12.OC1CCCO1.[Li+].[OH-]. The first kappa shape index (κ1) is 50.1. The van der Waals surface area contributed by atoms with Crippen LogP contribution in [0.4, 0.5) is 0 Å². The van der Waals surface area contributed by atoms with Crippen LogP contribution < -0.4 is 18.9 Å². The number of hydrogen-bond donors (Lipinski definition) is 3. The molecule has 4 fully saturated rings. The first-order valence-electron chi connectivity index (χ1n) is 20.9. The molecule has 3 aromatic carbocycles. The first-order chi connectivity index (χ1) is 29.2. The third-order valence-electron chi connectivity index (χ3n) is 11.2. The minimum atomic E-state index is -0.946. The number of aromatic amines is 1. The van der Waals surface area contributed by atoms with Crippen molar-refractivity contribution in [2.45, 2.75) is 113 Å². The Hall–Kier alpha value is -4.56. The van der Waals surface area contributed by atoms with Gasteiger partial charge in [-0.3, -0.25) is 14.5 Å². The number of halogens is 1. The summed E-state index contributed by atoms with van der Waals surface area (Å²) < 4.78 is 18.0. The van der Waals surface area contributed by atoms with E-state index in [1.165, 1.54) is 65.6 Å². The number of nitrogens with zero attached hydrogens (tertiary/aromatic N) is 5. The summed E-state index contributed by atoms with van der Waals surface area (Å²) >= 11 is 3.54. The summed E-state index contributed by atoms with van der Waals surface area (Å²) in [7, 11) is 2.73. The first-order valence-corrected chi connectivity index (χ1v) is 21.8. The van der Waals surface area contributed by atoms with Gasteiger partial charge in [0.05, 0.1) is 42.9 Å². The van der Waals surface area contributed by atoms with Crippen LogP contribution in [0.5, 0.6) is 0 Å². The average molecular weight is 912 g/mol. The second-order valence-electron chi connectivity index (χ2n) is 15.3. The summed E-state index contributed by atoms with van der Waals surface area (Å²) in [5.74, 6) is -1.72. The number of aromatic carboxylic acids is 1. The number of para-hydroxylation sites is 3. The maximum Gasteiger partial charge on any atom is 1.00 e. The summed E-state index contributed by atoms with van der Waals surface area (Å²) in [5, 5.41) is 35.5. The molecule has 3 aromatic heterocycles. The maximum atomic E-state index is 11.8. The normalized spacial score (nSPS) is 17.3. The van der Waals surface area contributed by atoms with E-state index in [2.05, 4.69) is 41.1 Å². The van der Waals surface area contributed by atoms with Gasteiger partial charge < -0.3 is 29.9 Å². The van der Waals surface area contributed by atoms with Gasteiger partial charge in [-0.25, -0.2) is 14.4 Å². The molecule has 0 spiro atoms. The number of esters is 2. The van der Waals surface area contributed by atoms with Crippen LogP contribution in [-0.4, -0.2) is 95.3 Å². The van der Waals surface area contributed by atoms with Crippen molar-refractivity contribution in [3.8, 4) is 0 Å². The van der Waals surface area contributed by atoms with Crippen LogP contribution in [0.15, 0.2) is 72.8 Å². The number of H-pyrrole nitrogens is 1. The largest absolute Gasteiger partial charge is 1.00 e. The van der Waals surface area contributed by atoms with Crippen molar-refractivity contribution in [3.63, 3.8) is 0 Å². The standard InChI is InChI=1S/C14H16N2O2.C13H14N2O2.C9H8N2O2.C5H9Br.C4H8O2.Li.H2O/c1-18-14(17)13-11-8-4-5-9-12(11)16(15-13)10-6-2-3-7-10;16-13(17)12-10-7-3-4-8-11(10)15(14-12)9-5-1-2-6-9;1-13-9(12)8-6-4-2-3-5-7(6)10-11-8;6-5-3-1-2-4-5;5-4-2-1-3-6-4;;/h4-5,8-10H,2-3,6-7H2,1H3;3-4,7-9H,1-2,5-6H2,(H,16,17);2-5H,1H3,(H,10,11);5H,1-4H2;4-5H,1-3H2;;1H2/q;;;;;+1;/p-1. The van der Waals surface area contributed by atoms with E-state index in [4.69, 9.17) is 19.7 Å². The van der Waals surface area contributed by atoms with E-state index < -0.39 is 18.2 Å². The number of benzene rings is 3. The molecule has 3 aliphatic carbocycles. The second-order valence-corrected chi connectivity index (χ2v) is 16.5. The number of carbonyl (C=O) groups excluding carboxylic acids is 2. The van der Waals surface area contributed by atoms with E-state index in [9.17, 15) is 14.4 Å². The predicted octanol–water partition coefficient (Wildman–Crippen LogP) is 6.40. The molecule has 1 aliphatic heterocycles. The zero-order chi connectivity index (χ0) is 42.4. The molecule has 1 unspecified atom stereocenters. The summed E-state index contributed by atoms with van der Waals surface area (Å²) in [6.45, 7) is 0.737. The smallest absolute Gasteiger partial charge is 0.870 e. The molecule has 15 nitrogen and oxygen atoms in total. The van der Waals surface area contributed by atoms with E-state index in [0.29, 0.717) is 23.5 Å². The van der Waals surface area contributed by atoms with Gasteiger partial charge in [0.1, 0.15) is 0 Å². The van der Waals surface area contributed by atoms with Gasteiger partial charge >= 0.3 is 36.8 Å². The number of aliphatic hydroxyl groups is 1. The van der Waals surface area contributed by atoms with Crippen LogP contribution in [0.3, 0.4) is 0 Å². The van der Waals surface area contributed by atoms with Crippen LogP contribution in [0.25, 0.3) is 32.7 Å². The second kappa shape index (κ2) is 24.9. The van der Waals surface area contributed by atoms with Crippen molar-refractivity contribution in [3.05, 3.63) is 89.9 Å². The number of alkyl halides is 1. The molecule has 6 aromatic rings. The van der Waals surface area contributed by atoms with E-state index >= 15 is 0 Å². The quantitative estimate of drug-likeness (QED) is 0.0974. The van der Waals surface area contributed by atoms with E-state index in [1.807, 2.05) is 82.2 Å². The van der Waals surface area contributed by atoms with Crippen molar-refractivity contribution >= 4 is 66.5 Å². The Labute approximate surface area is 381 Å². The van der Waals surface area contributed by atoms with E-state index in [1.54, 1.807) is 0 Å². The Morgan fingerprint density at radius 3 is 1.55 bits per heavy atom. The molecule has 17 heteroatoms. The Morgan fingerprint density at radius 2 is 1.11 bits per heavy atom. The summed E-state index contributed by atoms with van der Waals surface area (Å²) in [6, 6.07) is 23.6. The minimum Gasteiger partial charge on any atom is -0.870 e. The van der Waals surface area contributed by atoms with Crippen molar-refractivity contribution < 1.29 is 63.1 Å². The van der Waals surface area contributed by atoms with Gasteiger partial charge in [-0.2, -0.15) is 15.3 Å². The summed E-state index contributed by atoms with van der Waals surface area (Å²) in [5.41, 5.74) is 3.75. The summed E-state index contributed by atoms with van der Waals surface area (Å²) in [4.78, 5) is 35.0. The topological polar surface area (TPSA) is 214 Å². The zero-order valence-electron chi connectivity index (χ0n) is 35.7. The molecular formula is C45H56BrLiN6O9. The van der Waals surface area contributed by atoms with Gasteiger partial charge in [0.2, 0.25) is 0 Å². The number of methoxy groups -OCH3 is 2. The average Bonchev–Trinajstić information content (AvgIpc) is 4.13. The maximum absolute atomic E-state index is 11.8. The van der Waals surface area contributed by atoms with Crippen molar-refractivity contribution in [2.24, 2.45) is 0 Å². The Kier molecular flexibility index (Phi) is 20.1. The van der Waals surface area contributed by atoms with Crippen molar-refractivity contribution in [2.75, 3.05) is 20.8 Å². The fraction of sp³-hybridized carbons (Fsp3) is 0.467. The Morgan fingerprint density at radius 1 is 0.661 bits per heavy atom. The van der Waals surface area contributed by atoms with Crippen LogP contribution in [0.2, 0.25) is 0 Å². The van der Waals surface area contributed by atoms with Gasteiger partial charge in [-0.1, -0.05) is 109 Å². The Bertz CT molecular complexity index is 2310. The number of aliphatic hydroxyl groups excluding tert-OH is 1. The minimum absolute atomic E-state index is 0. The predicted molar refractivity (Wildman–Crippen MR) is 235 cm³/mol. The van der Waals surface area contributed by atoms with Crippen molar-refractivity contribution in [1.82, 2.24) is 29.8 Å². The van der Waals surface area contributed by atoms with Gasteiger partial charge in [0.15, 0.2) is 23.4 Å². The summed E-state index contributed by atoms with van der Waals surface area (Å²) in [6.07, 6.45) is 16.5. The number of aromatic nitrogens is 6. The van der Waals surface area contributed by atoms with Crippen LogP contribution in [0.1, 0.15) is 133 Å². The molecule has 0 radical (unpaired) electrons. The number of carboxylic acid groups (broad SMARTS) is 1. The third-order valence-corrected chi connectivity index (χ3v) is 12.1. The number of rotatable bonds is 5. The number of hydrogen-bond acceptors (Lipinski definition) is 11. The number of carboxylic acids is 1. The molecule has 0 amide bonds. The van der Waals surface area contributed by atoms with Gasteiger partial charge in [-0.05, 0) is 63.1 Å². The molecule has 62 heavy (non-hydrogen) atoms. The number of ether oxygens (including phenoxy) is 3. The Balaban J connectivity index is 0.000000179. The molecule has 4 N–H and O–H groups in total. The number of nitrogens with one attached hydrogen (secondary N) is 1. The molecule has 328 valence electrons. The fourth-order valence-electron chi connectivity index (χ4n) is 8.09. The van der Waals surface area contributed by atoms with Gasteiger partial charge in [0, 0.05) is 34.0 Å². The molecule has 0 bridgehead atoms. The molecule has 3 saturated carbocycles. The molecule has 10 rings (SSSR count). The number of carbonyl (C=O) groups is 3. The van der Waals surface area contributed by atoms with Crippen LogP contribution >= 0.6 is 15.9 Å². The third kappa shape index (κ3) is 12.8. The number of fused-ring (bicyclic) bond motifs is 3. The van der Waals surface area contributed by atoms with Crippen LogP contribution in [-0.2, 0) is 14.2 Å². The molecule has 4 aliphatic rings. The van der Waals surface area contributed by atoms with Gasteiger partial charge in [0.25, 0.3) is 0 Å². The molecular weight excluding hydrogens is 855 g/mol. The van der Waals surface area contributed by atoms with Crippen LogP contribution in [0, 0.1) is 0 Å². The van der Waals surface area contributed by atoms with E-state index in [-0.39, 0.29) is 36.0 Å². The zero-order valence-corrected chi connectivity index (χ0v) is 37.3. The monoisotopic (exact) mass is 910 g/mol. The fourth-order valence-corrected chi connectivity index (χ4v) is 8.74. The van der Waals surface area contributed by atoms with Crippen molar-refractivity contribution in [1.29, 1.82) is 0 Å². The molecule has 4 heterocycles.